The summed E-state index contributed by atoms with van der Waals surface area (Å²) in [6, 6.07) is 0. The molecule has 1 heterocycles. The van der Waals surface area contributed by atoms with Gasteiger partial charge in [-0.15, -0.1) is 0 Å². The number of hydrogen-bond donors (Lipinski definition) is 2. The van der Waals surface area contributed by atoms with Gasteiger partial charge in [-0.1, -0.05) is 0 Å². The van der Waals surface area contributed by atoms with Crippen LogP contribution in [0.15, 0.2) is 15.6 Å². The molecule has 0 aliphatic heterocycles. The van der Waals surface area contributed by atoms with Gasteiger partial charge in [0, 0.05) is 6.54 Å². The van der Waals surface area contributed by atoms with Gasteiger partial charge in [-0.05, 0) is 22.9 Å². The molecule has 0 atom stereocenters. The molecule has 0 radical (unpaired) electrons. The molecule has 6 nitrogen and oxygen atoms in total. The molecule has 0 aliphatic carbocycles. The zero-order chi connectivity index (χ0) is 12.1. The second-order valence-electron chi connectivity index (χ2n) is 3.15. The lowest BCUT2D eigenvalue weighted by Crippen LogP contribution is -2.34. The molecule has 0 saturated carbocycles. The van der Waals surface area contributed by atoms with Crippen molar-refractivity contribution >= 4 is 21.8 Å². The van der Waals surface area contributed by atoms with Gasteiger partial charge in [0.1, 0.15) is 11.0 Å². The fraction of sp³-hybridized carbons (Fsp3) is 0.444. The fourth-order valence-electron chi connectivity index (χ4n) is 1.06. The monoisotopic (exact) mass is 289 g/mol. The Morgan fingerprint density at radius 1 is 1.69 bits per heavy atom. The van der Waals surface area contributed by atoms with Crippen LogP contribution < -0.4 is 10.9 Å². The Bertz CT molecular complexity index is 444. The highest BCUT2D eigenvalue weighted by Crippen LogP contribution is 2.05. The molecule has 1 aromatic heterocycles. The summed E-state index contributed by atoms with van der Waals surface area (Å²) in [6.45, 7) is 1.64. The number of rotatable bonds is 4. The number of aliphatic hydroxyl groups is 1. The first-order valence-corrected chi connectivity index (χ1v) is 5.44. The number of amides is 1. The van der Waals surface area contributed by atoms with Crippen LogP contribution in [0.1, 0.15) is 5.69 Å². The van der Waals surface area contributed by atoms with E-state index >= 15 is 0 Å². The summed E-state index contributed by atoms with van der Waals surface area (Å²) in [4.78, 5) is 26.9. The van der Waals surface area contributed by atoms with Crippen molar-refractivity contribution in [2.24, 2.45) is 0 Å². The Kier molecular flexibility index (Phi) is 4.63. The molecule has 0 aliphatic rings. The van der Waals surface area contributed by atoms with Crippen LogP contribution in [-0.2, 0) is 11.3 Å². The van der Waals surface area contributed by atoms with Gasteiger partial charge in [-0.3, -0.25) is 14.2 Å². The second-order valence-corrected chi connectivity index (χ2v) is 3.94. The molecule has 0 fully saturated rings. The van der Waals surface area contributed by atoms with E-state index in [2.05, 4.69) is 26.2 Å². The standard InChI is InChI=1S/C9H12BrN3O3/c1-6-8(10)9(16)13(5-12-6)4-7(15)11-2-3-14/h5,14H,2-4H2,1H3,(H,11,15). The normalized spacial score (nSPS) is 10.2. The number of carbonyl (C=O) groups excluding carboxylic acids is 1. The number of aromatic nitrogens is 2. The quantitative estimate of drug-likeness (QED) is 0.777. The van der Waals surface area contributed by atoms with Crippen LogP contribution >= 0.6 is 15.9 Å². The van der Waals surface area contributed by atoms with Gasteiger partial charge in [-0.25, -0.2) is 4.98 Å². The topological polar surface area (TPSA) is 84.2 Å². The zero-order valence-electron chi connectivity index (χ0n) is 8.73. The van der Waals surface area contributed by atoms with E-state index in [0.717, 1.165) is 0 Å². The summed E-state index contributed by atoms with van der Waals surface area (Å²) in [5, 5.41) is 11.0. The maximum atomic E-state index is 11.6. The Balaban J connectivity index is 2.79. The van der Waals surface area contributed by atoms with Crippen molar-refractivity contribution in [2.45, 2.75) is 13.5 Å². The molecule has 2 N–H and O–H groups in total. The van der Waals surface area contributed by atoms with E-state index in [-0.39, 0.29) is 31.2 Å². The number of hydrogen-bond acceptors (Lipinski definition) is 4. The Hall–Kier alpha value is -1.21. The van der Waals surface area contributed by atoms with Crippen molar-refractivity contribution < 1.29 is 9.90 Å². The van der Waals surface area contributed by atoms with Gasteiger partial charge in [-0.2, -0.15) is 0 Å². The summed E-state index contributed by atoms with van der Waals surface area (Å²) in [5.41, 5.74) is 0.281. The second kappa shape index (κ2) is 5.76. The van der Waals surface area contributed by atoms with Crippen molar-refractivity contribution in [1.82, 2.24) is 14.9 Å². The van der Waals surface area contributed by atoms with E-state index < -0.39 is 0 Å². The highest BCUT2D eigenvalue weighted by atomic mass is 79.9. The van der Waals surface area contributed by atoms with Crippen LogP contribution in [0.2, 0.25) is 0 Å². The van der Waals surface area contributed by atoms with Crippen molar-refractivity contribution in [3.63, 3.8) is 0 Å². The first-order valence-electron chi connectivity index (χ1n) is 4.65. The lowest BCUT2D eigenvalue weighted by atomic mass is 10.4. The highest BCUT2D eigenvalue weighted by Gasteiger charge is 2.08. The molecule has 0 aromatic carbocycles. The van der Waals surface area contributed by atoms with Gasteiger partial charge in [0.2, 0.25) is 5.91 Å². The number of halogens is 1. The molecule has 88 valence electrons. The Morgan fingerprint density at radius 3 is 3.00 bits per heavy atom. The third kappa shape index (κ3) is 3.14. The zero-order valence-corrected chi connectivity index (χ0v) is 10.3. The third-order valence-corrected chi connectivity index (χ3v) is 2.82. The lowest BCUT2D eigenvalue weighted by molar-refractivity contribution is -0.121. The minimum atomic E-state index is -0.339. The summed E-state index contributed by atoms with van der Waals surface area (Å²) >= 11 is 3.10. The highest BCUT2D eigenvalue weighted by molar-refractivity contribution is 9.10. The van der Waals surface area contributed by atoms with Crippen LogP contribution in [0.5, 0.6) is 0 Å². The van der Waals surface area contributed by atoms with Crippen LogP contribution in [0, 0.1) is 6.92 Å². The van der Waals surface area contributed by atoms with Crippen molar-refractivity contribution in [1.29, 1.82) is 0 Å². The number of nitrogens with zero attached hydrogens (tertiary/aromatic N) is 2. The molecular weight excluding hydrogens is 278 g/mol. The maximum absolute atomic E-state index is 11.6. The van der Waals surface area contributed by atoms with Crippen LogP contribution in [-0.4, -0.2) is 33.7 Å². The summed E-state index contributed by atoms with van der Waals surface area (Å²) in [5.74, 6) is -0.339. The summed E-state index contributed by atoms with van der Waals surface area (Å²) in [7, 11) is 0. The number of aryl methyl sites for hydroxylation is 1. The van der Waals surface area contributed by atoms with E-state index in [1.807, 2.05) is 0 Å². The minimum absolute atomic E-state index is 0.106. The van der Waals surface area contributed by atoms with Gasteiger partial charge in [0.05, 0.1) is 18.6 Å². The molecule has 1 amide bonds. The lowest BCUT2D eigenvalue weighted by Gasteiger charge is -2.06. The van der Waals surface area contributed by atoms with Crippen molar-refractivity contribution in [2.75, 3.05) is 13.2 Å². The number of nitrogens with one attached hydrogen (secondary N) is 1. The fourth-order valence-corrected chi connectivity index (χ4v) is 1.39. The Morgan fingerprint density at radius 2 is 2.38 bits per heavy atom. The first-order chi connectivity index (χ1) is 7.56. The largest absolute Gasteiger partial charge is 0.395 e. The SMILES string of the molecule is Cc1ncn(CC(=O)NCCO)c(=O)c1Br. The molecule has 0 saturated heterocycles. The van der Waals surface area contributed by atoms with E-state index in [4.69, 9.17) is 5.11 Å². The van der Waals surface area contributed by atoms with Crippen LogP contribution in [0.3, 0.4) is 0 Å². The number of aliphatic hydroxyl groups excluding tert-OH is 1. The van der Waals surface area contributed by atoms with Crippen molar-refractivity contribution in [3.8, 4) is 0 Å². The maximum Gasteiger partial charge on any atom is 0.268 e. The number of carbonyl (C=O) groups is 1. The molecular formula is C9H12BrN3O3. The molecule has 1 rings (SSSR count). The predicted molar refractivity (Wildman–Crippen MR) is 61.0 cm³/mol. The van der Waals surface area contributed by atoms with E-state index in [9.17, 15) is 9.59 Å². The minimum Gasteiger partial charge on any atom is -0.395 e. The third-order valence-electron chi connectivity index (χ3n) is 1.90. The first kappa shape index (κ1) is 12.9. The molecule has 0 spiro atoms. The van der Waals surface area contributed by atoms with Crippen LogP contribution in [0.4, 0.5) is 0 Å². The molecule has 0 bridgehead atoms. The van der Waals surface area contributed by atoms with E-state index in [0.29, 0.717) is 10.2 Å². The molecule has 1 aromatic rings. The average molecular weight is 290 g/mol. The molecule has 7 heteroatoms. The van der Waals surface area contributed by atoms with Gasteiger partial charge >= 0.3 is 0 Å². The van der Waals surface area contributed by atoms with Gasteiger partial charge in [0.25, 0.3) is 5.56 Å². The van der Waals surface area contributed by atoms with Crippen molar-refractivity contribution in [3.05, 3.63) is 26.8 Å². The van der Waals surface area contributed by atoms with Gasteiger partial charge in [0.15, 0.2) is 0 Å². The average Bonchev–Trinajstić information content (AvgIpc) is 2.27. The molecule has 0 unspecified atom stereocenters. The molecule has 16 heavy (non-hydrogen) atoms. The predicted octanol–water partition coefficient (Wildman–Crippen LogP) is -0.577. The summed E-state index contributed by atoms with van der Waals surface area (Å²) < 4.78 is 1.55. The smallest absolute Gasteiger partial charge is 0.268 e. The Labute approximate surface area is 100 Å². The summed E-state index contributed by atoms with van der Waals surface area (Å²) in [6.07, 6.45) is 1.32. The van der Waals surface area contributed by atoms with E-state index in [1.165, 1.54) is 10.9 Å². The van der Waals surface area contributed by atoms with Gasteiger partial charge < -0.3 is 10.4 Å². The van der Waals surface area contributed by atoms with Crippen LogP contribution in [0.25, 0.3) is 0 Å². The van der Waals surface area contributed by atoms with E-state index in [1.54, 1.807) is 6.92 Å².